The summed E-state index contributed by atoms with van der Waals surface area (Å²) in [4.78, 5) is 14.0. The van der Waals surface area contributed by atoms with Crippen molar-refractivity contribution in [3.05, 3.63) is 47.8 Å². The third-order valence-corrected chi connectivity index (χ3v) is 3.14. The summed E-state index contributed by atoms with van der Waals surface area (Å²) in [6, 6.07) is 9.67. The average molecular weight is 291 g/mol. The van der Waals surface area contributed by atoms with E-state index in [1.54, 1.807) is 18.7 Å². The Morgan fingerprint density at radius 2 is 2.05 bits per heavy atom. The van der Waals surface area contributed by atoms with E-state index in [1.165, 1.54) is 6.20 Å². The minimum Gasteiger partial charge on any atom is -0.389 e. The van der Waals surface area contributed by atoms with Gasteiger partial charge in [0.25, 0.3) is 5.91 Å². The van der Waals surface area contributed by atoms with Crippen LogP contribution in [0.3, 0.4) is 0 Å². The molecular formula is C14H17N3O2S. The van der Waals surface area contributed by atoms with E-state index in [0.717, 1.165) is 17.3 Å². The summed E-state index contributed by atoms with van der Waals surface area (Å²) < 4.78 is 7.82. The molecule has 0 aliphatic carbocycles. The van der Waals surface area contributed by atoms with Crippen molar-refractivity contribution >= 4 is 17.6 Å². The molecule has 0 radical (unpaired) electrons. The molecule has 1 N–H and O–H groups in total. The lowest BCUT2D eigenvalue weighted by Crippen LogP contribution is -2.41. The molecule has 2 rings (SSSR count). The predicted molar refractivity (Wildman–Crippen MR) is 77.4 cm³/mol. The first kappa shape index (κ1) is 14.6. The van der Waals surface area contributed by atoms with Gasteiger partial charge in [0, 0.05) is 13.1 Å². The number of rotatable bonds is 5. The summed E-state index contributed by atoms with van der Waals surface area (Å²) in [5.74, 6) is -0.218. The maximum absolute atomic E-state index is 12.4. The highest BCUT2D eigenvalue weighted by Crippen LogP contribution is 2.13. The number of carbonyl (C=O) groups excluding carboxylic acids is 1. The Hall–Kier alpha value is -1.79. The Morgan fingerprint density at radius 1 is 1.35 bits per heavy atom. The van der Waals surface area contributed by atoms with Crippen LogP contribution in [0.5, 0.6) is 0 Å². The molecule has 1 aromatic heterocycles. The van der Waals surface area contributed by atoms with E-state index in [9.17, 15) is 9.90 Å². The van der Waals surface area contributed by atoms with Gasteiger partial charge in [0.2, 0.25) is 0 Å². The summed E-state index contributed by atoms with van der Waals surface area (Å²) in [7, 11) is 0. The molecule has 1 amide bonds. The SMILES string of the molecule is CC(C)(O)CN(Cc1ccccc1)C(=O)c1cnsn1. The third-order valence-electron chi connectivity index (χ3n) is 2.66. The highest BCUT2D eigenvalue weighted by molar-refractivity contribution is 6.99. The number of hydrogen-bond acceptors (Lipinski definition) is 5. The molecule has 20 heavy (non-hydrogen) atoms. The normalized spacial score (nSPS) is 11.3. The van der Waals surface area contributed by atoms with Crippen LogP contribution >= 0.6 is 11.7 Å². The Bertz CT molecular complexity index is 550. The smallest absolute Gasteiger partial charge is 0.275 e. The van der Waals surface area contributed by atoms with E-state index in [0.29, 0.717) is 12.2 Å². The fraction of sp³-hybridized carbons (Fsp3) is 0.357. The number of carbonyl (C=O) groups is 1. The molecule has 106 valence electrons. The number of nitrogens with zero attached hydrogens (tertiary/aromatic N) is 3. The monoisotopic (exact) mass is 291 g/mol. The van der Waals surface area contributed by atoms with Gasteiger partial charge in [0.05, 0.1) is 23.5 Å². The van der Waals surface area contributed by atoms with Gasteiger partial charge in [-0.05, 0) is 19.4 Å². The van der Waals surface area contributed by atoms with Gasteiger partial charge in [0.1, 0.15) is 0 Å². The van der Waals surface area contributed by atoms with Gasteiger partial charge in [-0.25, -0.2) is 0 Å². The molecular weight excluding hydrogens is 274 g/mol. The van der Waals surface area contributed by atoms with E-state index in [-0.39, 0.29) is 12.5 Å². The van der Waals surface area contributed by atoms with Crippen LogP contribution in [0.2, 0.25) is 0 Å². The maximum Gasteiger partial charge on any atom is 0.275 e. The van der Waals surface area contributed by atoms with Crippen LogP contribution in [0.4, 0.5) is 0 Å². The van der Waals surface area contributed by atoms with Crippen molar-refractivity contribution in [1.29, 1.82) is 0 Å². The minimum absolute atomic E-state index is 0.218. The topological polar surface area (TPSA) is 66.3 Å². The van der Waals surface area contributed by atoms with Gasteiger partial charge in [0.15, 0.2) is 5.69 Å². The number of benzene rings is 1. The molecule has 0 atom stereocenters. The Kier molecular flexibility index (Phi) is 4.46. The van der Waals surface area contributed by atoms with Crippen LogP contribution in [0, 0.1) is 0 Å². The van der Waals surface area contributed by atoms with Crippen LogP contribution in [-0.2, 0) is 6.54 Å². The zero-order chi connectivity index (χ0) is 14.6. The maximum atomic E-state index is 12.4. The van der Waals surface area contributed by atoms with Crippen LogP contribution in [0.25, 0.3) is 0 Å². The van der Waals surface area contributed by atoms with Gasteiger partial charge >= 0.3 is 0 Å². The Morgan fingerprint density at radius 3 is 2.60 bits per heavy atom. The van der Waals surface area contributed by atoms with E-state index >= 15 is 0 Å². The molecule has 2 aromatic rings. The van der Waals surface area contributed by atoms with Gasteiger partial charge in [-0.1, -0.05) is 30.3 Å². The molecule has 6 heteroatoms. The van der Waals surface area contributed by atoms with Crippen molar-refractivity contribution in [2.75, 3.05) is 6.54 Å². The summed E-state index contributed by atoms with van der Waals surface area (Å²) in [6.07, 6.45) is 1.45. The zero-order valence-electron chi connectivity index (χ0n) is 11.5. The standard InChI is InChI=1S/C14H17N3O2S/c1-14(2,19)10-17(9-11-6-4-3-5-7-11)13(18)12-8-15-20-16-12/h3-8,19H,9-10H2,1-2H3. The van der Waals surface area contributed by atoms with E-state index in [4.69, 9.17) is 0 Å². The van der Waals surface area contributed by atoms with Crippen molar-refractivity contribution in [3.8, 4) is 0 Å². The molecule has 1 heterocycles. The first-order chi connectivity index (χ1) is 9.46. The average Bonchev–Trinajstić information content (AvgIpc) is 2.90. The highest BCUT2D eigenvalue weighted by Gasteiger charge is 2.25. The summed E-state index contributed by atoms with van der Waals surface area (Å²) >= 11 is 1.000. The van der Waals surface area contributed by atoms with Crippen LogP contribution in [0.15, 0.2) is 36.5 Å². The van der Waals surface area contributed by atoms with Crippen molar-refractivity contribution in [1.82, 2.24) is 13.6 Å². The van der Waals surface area contributed by atoms with Crippen molar-refractivity contribution in [2.24, 2.45) is 0 Å². The lowest BCUT2D eigenvalue weighted by molar-refractivity contribution is 0.0277. The molecule has 0 spiro atoms. The first-order valence-electron chi connectivity index (χ1n) is 6.29. The Labute approximate surface area is 122 Å². The second kappa shape index (κ2) is 6.11. The lowest BCUT2D eigenvalue weighted by atomic mass is 10.1. The predicted octanol–water partition coefficient (Wildman–Crippen LogP) is 1.95. The summed E-state index contributed by atoms with van der Waals surface area (Å²) in [5, 5.41) is 9.99. The molecule has 0 aliphatic rings. The number of aromatic nitrogens is 2. The van der Waals surface area contributed by atoms with Crippen molar-refractivity contribution < 1.29 is 9.90 Å². The number of hydrogen-bond donors (Lipinski definition) is 1. The molecule has 1 aromatic carbocycles. The minimum atomic E-state index is -0.964. The van der Waals surface area contributed by atoms with Crippen LogP contribution < -0.4 is 0 Å². The van der Waals surface area contributed by atoms with Gasteiger partial charge in [-0.15, -0.1) is 0 Å². The molecule has 5 nitrogen and oxygen atoms in total. The molecule has 0 unspecified atom stereocenters. The van der Waals surface area contributed by atoms with Gasteiger partial charge in [-0.2, -0.15) is 8.75 Å². The number of amides is 1. The Balaban J connectivity index is 2.19. The van der Waals surface area contributed by atoms with Crippen molar-refractivity contribution in [2.45, 2.75) is 26.0 Å². The highest BCUT2D eigenvalue weighted by atomic mass is 32.1. The second-order valence-electron chi connectivity index (χ2n) is 5.25. The zero-order valence-corrected chi connectivity index (χ0v) is 12.3. The van der Waals surface area contributed by atoms with E-state index in [1.807, 2.05) is 30.3 Å². The second-order valence-corrected chi connectivity index (χ2v) is 5.81. The molecule has 0 bridgehead atoms. The van der Waals surface area contributed by atoms with Gasteiger partial charge < -0.3 is 10.0 Å². The van der Waals surface area contributed by atoms with Crippen LogP contribution in [-0.4, -0.2) is 36.8 Å². The summed E-state index contributed by atoms with van der Waals surface area (Å²) in [5.41, 5.74) is 0.358. The molecule has 0 saturated carbocycles. The third kappa shape index (κ3) is 4.11. The fourth-order valence-corrected chi connectivity index (χ4v) is 2.30. The van der Waals surface area contributed by atoms with Crippen molar-refractivity contribution in [3.63, 3.8) is 0 Å². The first-order valence-corrected chi connectivity index (χ1v) is 7.02. The fourth-order valence-electron chi connectivity index (χ4n) is 1.89. The van der Waals surface area contributed by atoms with E-state index in [2.05, 4.69) is 8.75 Å². The number of aliphatic hydroxyl groups is 1. The molecule has 0 aliphatic heterocycles. The largest absolute Gasteiger partial charge is 0.389 e. The van der Waals surface area contributed by atoms with Gasteiger partial charge in [-0.3, -0.25) is 4.79 Å². The molecule has 0 fully saturated rings. The molecule has 0 saturated heterocycles. The quantitative estimate of drug-likeness (QED) is 0.914. The summed E-state index contributed by atoms with van der Waals surface area (Å²) in [6.45, 7) is 4.02. The van der Waals surface area contributed by atoms with E-state index < -0.39 is 5.60 Å². The van der Waals surface area contributed by atoms with Crippen LogP contribution in [0.1, 0.15) is 29.9 Å². The lowest BCUT2D eigenvalue weighted by Gasteiger charge is -2.28.